The Morgan fingerprint density at radius 1 is 1.13 bits per heavy atom. The zero-order valence-electron chi connectivity index (χ0n) is 12.6. The summed E-state index contributed by atoms with van der Waals surface area (Å²) < 4.78 is 0. The first-order chi connectivity index (χ1) is 11.1. The number of nitrogens with one attached hydrogen (secondary N) is 1. The predicted octanol–water partition coefficient (Wildman–Crippen LogP) is 2.43. The molecule has 2 aromatic rings. The van der Waals surface area contributed by atoms with Crippen LogP contribution in [0.3, 0.4) is 0 Å². The lowest BCUT2D eigenvalue weighted by Crippen LogP contribution is -2.20. The van der Waals surface area contributed by atoms with Gasteiger partial charge in [0.2, 0.25) is 5.91 Å². The van der Waals surface area contributed by atoms with Crippen LogP contribution >= 0.6 is 0 Å². The Morgan fingerprint density at radius 3 is 2.57 bits per heavy atom. The zero-order valence-corrected chi connectivity index (χ0v) is 12.6. The van der Waals surface area contributed by atoms with Crippen LogP contribution in [0.4, 0.5) is 0 Å². The van der Waals surface area contributed by atoms with E-state index >= 15 is 0 Å². The van der Waals surface area contributed by atoms with Gasteiger partial charge in [0, 0.05) is 31.4 Å². The normalized spacial score (nSPS) is 10.6. The summed E-state index contributed by atoms with van der Waals surface area (Å²) in [5.41, 5.74) is 2.79. The van der Waals surface area contributed by atoms with Crippen molar-refractivity contribution >= 4 is 18.0 Å². The molecule has 0 aliphatic heterocycles. The molecule has 0 aliphatic carbocycles. The van der Waals surface area contributed by atoms with E-state index in [4.69, 9.17) is 5.11 Å². The van der Waals surface area contributed by atoms with Crippen LogP contribution in [0.15, 0.2) is 54.9 Å². The second-order valence-electron chi connectivity index (χ2n) is 5.05. The lowest BCUT2D eigenvalue weighted by atomic mass is 10.1. The van der Waals surface area contributed by atoms with Gasteiger partial charge in [-0.2, -0.15) is 0 Å². The number of hydrogen-bond donors (Lipinski definition) is 2. The third-order valence-corrected chi connectivity index (χ3v) is 3.22. The lowest BCUT2D eigenvalue weighted by Gasteiger charge is -2.02. The highest BCUT2D eigenvalue weighted by molar-refractivity contribution is 5.91. The van der Waals surface area contributed by atoms with Crippen LogP contribution in [-0.4, -0.2) is 22.0 Å². The summed E-state index contributed by atoms with van der Waals surface area (Å²) in [4.78, 5) is 26.3. The highest BCUT2D eigenvalue weighted by Gasteiger charge is 1.99. The monoisotopic (exact) mass is 310 g/mol. The quantitative estimate of drug-likeness (QED) is 0.770. The van der Waals surface area contributed by atoms with Crippen molar-refractivity contribution in [1.82, 2.24) is 10.3 Å². The van der Waals surface area contributed by atoms with Crippen molar-refractivity contribution in [2.24, 2.45) is 0 Å². The Kier molecular flexibility index (Phi) is 6.06. The topological polar surface area (TPSA) is 79.3 Å². The van der Waals surface area contributed by atoms with E-state index in [9.17, 15) is 9.59 Å². The molecule has 1 amide bonds. The number of carboxylic acid groups (broad SMARTS) is 1. The van der Waals surface area contributed by atoms with Gasteiger partial charge in [0.25, 0.3) is 0 Å². The number of aryl methyl sites for hydroxylation is 1. The summed E-state index contributed by atoms with van der Waals surface area (Å²) in [5, 5.41) is 11.4. The molecule has 0 radical (unpaired) electrons. The van der Waals surface area contributed by atoms with Crippen molar-refractivity contribution in [1.29, 1.82) is 0 Å². The van der Waals surface area contributed by atoms with E-state index in [2.05, 4.69) is 10.3 Å². The van der Waals surface area contributed by atoms with Gasteiger partial charge in [-0.05, 0) is 35.3 Å². The molecule has 5 heteroatoms. The van der Waals surface area contributed by atoms with Gasteiger partial charge in [0.15, 0.2) is 0 Å². The highest BCUT2D eigenvalue weighted by atomic mass is 16.4. The summed E-state index contributed by atoms with van der Waals surface area (Å²) >= 11 is 0. The number of carbonyl (C=O) groups excluding carboxylic acids is 1. The minimum atomic E-state index is -0.806. The van der Waals surface area contributed by atoms with Gasteiger partial charge in [-0.3, -0.25) is 14.6 Å². The average Bonchev–Trinajstić information content (AvgIpc) is 2.58. The molecule has 0 atom stereocenters. The molecule has 5 nitrogen and oxygen atoms in total. The first-order valence-corrected chi connectivity index (χ1v) is 7.29. The number of pyridine rings is 1. The van der Waals surface area contributed by atoms with E-state index in [0.717, 1.165) is 16.7 Å². The molecular weight excluding hydrogens is 292 g/mol. The molecule has 0 unspecified atom stereocenters. The molecule has 0 saturated carbocycles. The van der Waals surface area contributed by atoms with Crippen molar-refractivity contribution in [3.05, 3.63) is 71.6 Å². The first kappa shape index (κ1) is 16.4. The van der Waals surface area contributed by atoms with Gasteiger partial charge >= 0.3 is 5.97 Å². The summed E-state index contributed by atoms with van der Waals surface area (Å²) in [5.74, 6) is -0.983. The Balaban J connectivity index is 1.82. The molecule has 2 N–H and O–H groups in total. The molecule has 1 heterocycles. The van der Waals surface area contributed by atoms with Crippen LogP contribution < -0.4 is 5.32 Å². The zero-order chi connectivity index (χ0) is 16.5. The Morgan fingerprint density at radius 2 is 1.91 bits per heavy atom. The van der Waals surface area contributed by atoms with Crippen LogP contribution in [0.2, 0.25) is 0 Å². The van der Waals surface area contributed by atoms with E-state index in [1.54, 1.807) is 18.5 Å². The Hall–Kier alpha value is -2.95. The number of aliphatic carboxylic acids is 1. The number of carbonyl (C=O) groups is 2. The van der Waals surface area contributed by atoms with Gasteiger partial charge in [-0.1, -0.05) is 30.3 Å². The van der Waals surface area contributed by atoms with Crippen molar-refractivity contribution in [2.75, 3.05) is 0 Å². The number of benzene rings is 1. The molecule has 1 aromatic carbocycles. The van der Waals surface area contributed by atoms with Crippen molar-refractivity contribution in [2.45, 2.75) is 19.4 Å². The smallest absolute Gasteiger partial charge is 0.303 e. The van der Waals surface area contributed by atoms with Gasteiger partial charge in [0.05, 0.1) is 0 Å². The molecule has 2 rings (SSSR count). The largest absolute Gasteiger partial charge is 0.481 e. The maximum absolute atomic E-state index is 11.8. The number of nitrogens with zero attached hydrogens (tertiary/aromatic N) is 1. The molecule has 0 aliphatic rings. The third-order valence-electron chi connectivity index (χ3n) is 3.22. The average molecular weight is 310 g/mol. The number of carboxylic acids is 1. The number of hydrogen-bond acceptors (Lipinski definition) is 3. The van der Waals surface area contributed by atoms with Gasteiger partial charge in [0.1, 0.15) is 0 Å². The summed E-state index contributed by atoms with van der Waals surface area (Å²) in [6.07, 6.45) is 7.21. The van der Waals surface area contributed by atoms with Gasteiger partial charge in [-0.15, -0.1) is 0 Å². The molecular formula is C18H18N2O3. The minimum Gasteiger partial charge on any atom is -0.481 e. The molecule has 0 spiro atoms. The van der Waals surface area contributed by atoms with Crippen LogP contribution in [0.25, 0.3) is 6.08 Å². The molecule has 1 aromatic heterocycles. The van der Waals surface area contributed by atoms with Crippen molar-refractivity contribution < 1.29 is 14.7 Å². The summed E-state index contributed by atoms with van der Waals surface area (Å²) in [6.45, 7) is 0.436. The second kappa shape index (κ2) is 8.48. The SMILES string of the molecule is O=C(O)CCc1ccc(/C=C/C(=O)NCc2cccnc2)cc1. The van der Waals surface area contributed by atoms with E-state index in [1.807, 2.05) is 36.4 Å². The number of rotatable bonds is 7. The fourth-order valence-corrected chi connectivity index (χ4v) is 1.97. The standard InChI is InChI=1S/C18H18N2O3/c21-17(20-13-16-2-1-11-19-12-16)9-7-14-3-5-15(6-4-14)8-10-18(22)23/h1-7,9,11-12H,8,10,13H2,(H,20,21)(H,22,23)/b9-7+. The third kappa shape index (κ3) is 6.13. The van der Waals surface area contributed by atoms with E-state index in [0.29, 0.717) is 13.0 Å². The van der Waals surface area contributed by atoms with Crippen LogP contribution in [0.1, 0.15) is 23.1 Å². The second-order valence-corrected chi connectivity index (χ2v) is 5.05. The first-order valence-electron chi connectivity index (χ1n) is 7.29. The van der Waals surface area contributed by atoms with Crippen LogP contribution in [-0.2, 0) is 22.6 Å². The van der Waals surface area contributed by atoms with E-state index in [1.165, 1.54) is 6.08 Å². The molecule has 0 saturated heterocycles. The predicted molar refractivity (Wildman–Crippen MR) is 87.5 cm³/mol. The van der Waals surface area contributed by atoms with Crippen LogP contribution in [0, 0.1) is 0 Å². The highest BCUT2D eigenvalue weighted by Crippen LogP contribution is 2.08. The number of aromatic nitrogens is 1. The van der Waals surface area contributed by atoms with E-state index in [-0.39, 0.29) is 12.3 Å². The minimum absolute atomic E-state index is 0.117. The summed E-state index contributed by atoms with van der Waals surface area (Å²) in [7, 11) is 0. The fourth-order valence-electron chi connectivity index (χ4n) is 1.97. The fraction of sp³-hybridized carbons (Fsp3) is 0.167. The maximum Gasteiger partial charge on any atom is 0.303 e. The molecule has 23 heavy (non-hydrogen) atoms. The van der Waals surface area contributed by atoms with Crippen molar-refractivity contribution in [3.63, 3.8) is 0 Å². The summed E-state index contributed by atoms with van der Waals surface area (Å²) in [6, 6.07) is 11.2. The Bertz CT molecular complexity index is 679. The van der Waals surface area contributed by atoms with Gasteiger partial charge in [-0.25, -0.2) is 0 Å². The molecule has 118 valence electrons. The van der Waals surface area contributed by atoms with E-state index < -0.39 is 5.97 Å². The molecule has 0 bridgehead atoms. The van der Waals surface area contributed by atoms with Gasteiger partial charge < -0.3 is 10.4 Å². The van der Waals surface area contributed by atoms with Crippen molar-refractivity contribution in [3.8, 4) is 0 Å². The maximum atomic E-state index is 11.8. The lowest BCUT2D eigenvalue weighted by molar-refractivity contribution is -0.137. The Labute approximate surface area is 134 Å². The number of amides is 1. The molecule has 0 fully saturated rings. The van der Waals surface area contributed by atoms with Crippen LogP contribution in [0.5, 0.6) is 0 Å².